The topological polar surface area (TPSA) is 106 Å². The molecule has 3 aromatic rings. The van der Waals surface area contributed by atoms with Gasteiger partial charge in [-0.1, -0.05) is 72.3 Å². The van der Waals surface area contributed by atoms with Crippen LogP contribution in [0.1, 0.15) is 56.2 Å². The first-order valence-electron chi connectivity index (χ1n) is 15.6. The molecule has 244 valence electrons. The summed E-state index contributed by atoms with van der Waals surface area (Å²) in [6.07, 6.45) is 0.560. The number of ether oxygens (including phenoxy) is 3. The number of likely N-dealkylation sites (tertiary alicyclic amines) is 1. The number of fused-ring (bicyclic) bond motifs is 3. The normalized spacial score (nSPS) is 18.2. The first-order valence-corrected chi connectivity index (χ1v) is 16.0. The number of piperidine rings is 1. The predicted octanol–water partition coefficient (Wildman–Crippen LogP) is 6.32. The largest absolute Gasteiger partial charge is 0.449 e. The molecule has 2 aliphatic rings. The molecule has 3 aromatic carbocycles. The van der Waals surface area contributed by atoms with E-state index in [1.54, 1.807) is 17.0 Å². The lowest BCUT2D eigenvalue weighted by Gasteiger charge is -2.44. The van der Waals surface area contributed by atoms with Crippen molar-refractivity contribution in [3.8, 4) is 11.1 Å². The van der Waals surface area contributed by atoms with E-state index in [0.29, 0.717) is 30.8 Å². The van der Waals surface area contributed by atoms with E-state index in [-0.39, 0.29) is 25.7 Å². The van der Waals surface area contributed by atoms with Gasteiger partial charge in [-0.05, 0) is 80.0 Å². The van der Waals surface area contributed by atoms with Crippen LogP contribution in [0, 0.1) is 0 Å². The SMILES string of the molecule is COCC(NC(=O)OCC1c2ccccc2-c2ccccc21)C(=O)N[C@@]1(Cc2ccc(Cl)cc2)CCCN(C(=O)OC(C)(C)C)C1. The monoisotopic (exact) mass is 647 g/mol. The van der Waals surface area contributed by atoms with E-state index in [4.69, 9.17) is 25.8 Å². The maximum absolute atomic E-state index is 13.9. The van der Waals surface area contributed by atoms with Crippen LogP contribution in [0.25, 0.3) is 11.1 Å². The van der Waals surface area contributed by atoms with Gasteiger partial charge < -0.3 is 29.7 Å². The van der Waals surface area contributed by atoms with Crippen LogP contribution in [0.2, 0.25) is 5.02 Å². The van der Waals surface area contributed by atoms with Crippen LogP contribution in [-0.4, -0.2) is 73.6 Å². The summed E-state index contributed by atoms with van der Waals surface area (Å²) in [6, 6.07) is 22.6. The van der Waals surface area contributed by atoms with Gasteiger partial charge in [-0.15, -0.1) is 0 Å². The van der Waals surface area contributed by atoms with Crippen molar-refractivity contribution < 1.29 is 28.6 Å². The van der Waals surface area contributed by atoms with E-state index in [0.717, 1.165) is 27.8 Å². The molecule has 1 fully saturated rings. The molecule has 3 amide bonds. The molecule has 1 aliphatic carbocycles. The van der Waals surface area contributed by atoms with Crippen LogP contribution in [0.5, 0.6) is 0 Å². The molecule has 2 atom stereocenters. The zero-order valence-corrected chi connectivity index (χ0v) is 27.6. The second-order valence-corrected chi connectivity index (χ2v) is 13.5. The number of hydrogen-bond donors (Lipinski definition) is 2. The first kappa shape index (κ1) is 33.3. The van der Waals surface area contributed by atoms with Gasteiger partial charge >= 0.3 is 12.2 Å². The van der Waals surface area contributed by atoms with Crippen LogP contribution in [0.4, 0.5) is 9.59 Å². The molecule has 9 nitrogen and oxygen atoms in total. The Morgan fingerprint density at radius 2 is 1.61 bits per heavy atom. The fourth-order valence-corrected chi connectivity index (χ4v) is 6.50. The number of carbonyl (C=O) groups excluding carboxylic acids is 3. The third kappa shape index (κ3) is 8.00. The third-order valence-corrected chi connectivity index (χ3v) is 8.61. The summed E-state index contributed by atoms with van der Waals surface area (Å²) in [5.74, 6) is -0.549. The molecule has 0 aromatic heterocycles. The number of amides is 3. The van der Waals surface area contributed by atoms with Gasteiger partial charge in [-0.25, -0.2) is 9.59 Å². The number of nitrogens with one attached hydrogen (secondary N) is 2. The summed E-state index contributed by atoms with van der Waals surface area (Å²) < 4.78 is 16.7. The maximum atomic E-state index is 13.9. The van der Waals surface area contributed by atoms with Gasteiger partial charge in [0.2, 0.25) is 5.91 Å². The molecule has 1 heterocycles. The number of hydrogen-bond acceptors (Lipinski definition) is 6. The number of carbonyl (C=O) groups is 3. The van der Waals surface area contributed by atoms with Gasteiger partial charge in [0, 0.05) is 31.1 Å². The predicted molar refractivity (Wildman–Crippen MR) is 177 cm³/mol. The first-order chi connectivity index (χ1) is 22.0. The summed E-state index contributed by atoms with van der Waals surface area (Å²) in [4.78, 5) is 41.7. The van der Waals surface area contributed by atoms with E-state index in [2.05, 4.69) is 22.8 Å². The quantitative estimate of drug-likeness (QED) is 0.282. The van der Waals surface area contributed by atoms with Gasteiger partial charge in [0.15, 0.2) is 0 Å². The summed E-state index contributed by atoms with van der Waals surface area (Å²) in [5, 5.41) is 6.50. The summed E-state index contributed by atoms with van der Waals surface area (Å²) in [5.41, 5.74) is 3.91. The molecule has 10 heteroatoms. The minimum Gasteiger partial charge on any atom is -0.449 e. The number of benzene rings is 3. The molecule has 46 heavy (non-hydrogen) atoms. The number of nitrogens with zero attached hydrogens (tertiary/aromatic N) is 1. The fourth-order valence-electron chi connectivity index (χ4n) is 6.38. The number of rotatable bonds is 9. The summed E-state index contributed by atoms with van der Waals surface area (Å²) in [6.45, 7) is 6.26. The zero-order chi connectivity index (χ0) is 32.9. The Labute approximate surface area is 275 Å². The van der Waals surface area contributed by atoms with Crippen LogP contribution in [-0.2, 0) is 25.4 Å². The van der Waals surface area contributed by atoms with Gasteiger partial charge in [0.05, 0.1) is 12.1 Å². The Morgan fingerprint density at radius 1 is 0.978 bits per heavy atom. The van der Waals surface area contributed by atoms with Gasteiger partial charge in [0.1, 0.15) is 18.2 Å². The summed E-state index contributed by atoms with van der Waals surface area (Å²) >= 11 is 6.14. The van der Waals surface area contributed by atoms with E-state index >= 15 is 0 Å². The van der Waals surface area contributed by atoms with Crippen molar-refractivity contribution in [3.05, 3.63) is 94.5 Å². The number of methoxy groups -OCH3 is 1. The van der Waals surface area contributed by atoms with Crippen molar-refractivity contribution in [2.75, 3.05) is 33.4 Å². The van der Waals surface area contributed by atoms with Crippen molar-refractivity contribution in [1.82, 2.24) is 15.5 Å². The highest BCUT2D eigenvalue weighted by molar-refractivity contribution is 6.30. The second-order valence-electron chi connectivity index (χ2n) is 13.1. The fraction of sp³-hybridized carbons (Fsp3) is 0.417. The minimum absolute atomic E-state index is 0.0666. The Hall–Kier alpha value is -4.08. The van der Waals surface area contributed by atoms with Gasteiger partial charge in [-0.3, -0.25) is 4.79 Å². The average molecular weight is 648 g/mol. The molecule has 1 unspecified atom stereocenters. The highest BCUT2D eigenvalue weighted by atomic mass is 35.5. The van der Waals surface area contributed by atoms with Crippen molar-refractivity contribution >= 4 is 29.7 Å². The molecule has 1 aliphatic heterocycles. The third-order valence-electron chi connectivity index (χ3n) is 8.36. The molecule has 0 bridgehead atoms. The van der Waals surface area contributed by atoms with Gasteiger partial charge in [0.25, 0.3) is 0 Å². The Kier molecular flexibility index (Phi) is 10.2. The van der Waals surface area contributed by atoms with Crippen molar-refractivity contribution in [3.63, 3.8) is 0 Å². The zero-order valence-electron chi connectivity index (χ0n) is 26.8. The van der Waals surface area contributed by atoms with Crippen LogP contribution >= 0.6 is 11.6 Å². The van der Waals surface area contributed by atoms with Gasteiger partial charge in [-0.2, -0.15) is 0 Å². The molecule has 0 radical (unpaired) electrons. The van der Waals surface area contributed by atoms with E-state index < -0.39 is 35.3 Å². The lowest BCUT2D eigenvalue weighted by atomic mass is 9.82. The Bertz CT molecular complexity index is 1510. The molecular weight excluding hydrogens is 606 g/mol. The van der Waals surface area contributed by atoms with Crippen LogP contribution in [0.15, 0.2) is 72.8 Å². The van der Waals surface area contributed by atoms with E-state index in [1.807, 2.05) is 69.3 Å². The smallest absolute Gasteiger partial charge is 0.410 e. The molecule has 0 spiro atoms. The average Bonchev–Trinajstić information content (AvgIpc) is 3.34. The van der Waals surface area contributed by atoms with E-state index in [1.165, 1.54) is 7.11 Å². The lowest BCUT2D eigenvalue weighted by molar-refractivity contribution is -0.127. The molecule has 2 N–H and O–H groups in total. The molecular formula is C36H42ClN3O6. The van der Waals surface area contributed by atoms with Crippen molar-refractivity contribution in [2.24, 2.45) is 0 Å². The van der Waals surface area contributed by atoms with Crippen molar-refractivity contribution in [2.45, 2.75) is 63.1 Å². The van der Waals surface area contributed by atoms with Crippen LogP contribution < -0.4 is 10.6 Å². The molecule has 5 rings (SSSR count). The molecule has 1 saturated heterocycles. The highest BCUT2D eigenvalue weighted by Gasteiger charge is 2.41. The minimum atomic E-state index is -1.03. The standard InChI is InChI=1S/C36H42ClN3O6/c1-35(2,3)46-34(43)40-19-9-18-36(23-40,20-24-14-16-25(37)17-15-24)39-32(41)31(22-44-4)38-33(42)45-21-30-28-12-7-5-10-26(28)27-11-6-8-13-29(27)30/h5-8,10-17,30-31H,9,18-23H2,1-4H3,(H,38,42)(H,39,41)/t31?,36-/m1/s1. The number of alkyl carbamates (subject to hydrolysis) is 1. The Morgan fingerprint density at radius 3 is 2.22 bits per heavy atom. The molecule has 0 saturated carbocycles. The highest BCUT2D eigenvalue weighted by Crippen LogP contribution is 2.44. The Balaban J connectivity index is 1.29. The van der Waals surface area contributed by atoms with Crippen molar-refractivity contribution in [1.29, 1.82) is 0 Å². The maximum Gasteiger partial charge on any atom is 0.410 e. The second kappa shape index (κ2) is 14.1. The summed E-state index contributed by atoms with van der Waals surface area (Å²) in [7, 11) is 1.47. The lowest BCUT2D eigenvalue weighted by Crippen LogP contribution is -2.64. The van der Waals surface area contributed by atoms with E-state index in [9.17, 15) is 14.4 Å². The number of halogens is 1. The van der Waals surface area contributed by atoms with Crippen LogP contribution in [0.3, 0.4) is 0 Å².